The van der Waals surface area contributed by atoms with Crippen molar-refractivity contribution in [2.75, 3.05) is 18.8 Å². The molecule has 2 aromatic rings. The minimum absolute atomic E-state index is 0.227. The molecule has 0 spiro atoms. The largest absolute Gasteiger partial charge is 0.468 e. The third-order valence-electron chi connectivity index (χ3n) is 4.28. The van der Waals surface area contributed by atoms with E-state index in [0.717, 1.165) is 29.1 Å². The molecule has 23 heavy (non-hydrogen) atoms. The number of thioether (sulfide) groups is 1. The van der Waals surface area contributed by atoms with Crippen LogP contribution in [0, 0.1) is 13.8 Å². The summed E-state index contributed by atoms with van der Waals surface area (Å²) in [5, 5.41) is 0.227. The van der Waals surface area contributed by atoms with Crippen LogP contribution >= 0.6 is 11.8 Å². The van der Waals surface area contributed by atoms with Crippen molar-refractivity contribution in [3.8, 4) is 0 Å². The highest BCUT2D eigenvalue weighted by Gasteiger charge is 2.29. The van der Waals surface area contributed by atoms with Crippen molar-refractivity contribution in [3.05, 3.63) is 53.5 Å². The second-order valence-electron chi connectivity index (χ2n) is 5.81. The van der Waals surface area contributed by atoms with Gasteiger partial charge in [0, 0.05) is 18.8 Å². The number of benzene rings is 1. The summed E-state index contributed by atoms with van der Waals surface area (Å²) in [4.78, 5) is 0.391. The zero-order chi connectivity index (χ0) is 16.4. The summed E-state index contributed by atoms with van der Waals surface area (Å²) in [6, 6.07) is 9.20. The highest BCUT2D eigenvalue weighted by atomic mass is 32.2. The fraction of sp³-hybridized carbons (Fsp3) is 0.412. The van der Waals surface area contributed by atoms with Crippen LogP contribution < -0.4 is 0 Å². The van der Waals surface area contributed by atoms with Crippen LogP contribution in [0.1, 0.15) is 28.6 Å². The molecule has 0 bridgehead atoms. The standard InChI is InChI=1S/C17H21NO3S2/c1-13-5-6-15(12-14(13)2)23(19,20)18-8-7-17(22-11-9-18)16-4-3-10-21-16/h3-6,10,12,17H,7-9,11H2,1-2H3. The third-order valence-corrected chi connectivity index (χ3v) is 7.46. The van der Waals surface area contributed by atoms with Crippen LogP contribution in [-0.2, 0) is 10.0 Å². The molecule has 1 fully saturated rings. The Hall–Kier alpha value is -1.24. The van der Waals surface area contributed by atoms with Crippen LogP contribution in [0.25, 0.3) is 0 Å². The molecule has 2 heterocycles. The van der Waals surface area contributed by atoms with E-state index in [0.29, 0.717) is 18.0 Å². The topological polar surface area (TPSA) is 50.5 Å². The van der Waals surface area contributed by atoms with E-state index in [1.807, 2.05) is 32.0 Å². The molecule has 0 aliphatic carbocycles. The van der Waals surface area contributed by atoms with Gasteiger partial charge in [-0.1, -0.05) is 6.07 Å². The Kier molecular flexibility index (Phi) is 4.85. The average molecular weight is 351 g/mol. The van der Waals surface area contributed by atoms with Gasteiger partial charge in [-0.3, -0.25) is 0 Å². The number of hydrogen-bond acceptors (Lipinski definition) is 4. The van der Waals surface area contributed by atoms with Gasteiger partial charge in [0.1, 0.15) is 5.76 Å². The molecule has 1 aliphatic heterocycles. The van der Waals surface area contributed by atoms with Crippen molar-refractivity contribution in [1.82, 2.24) is 4.31 Å². The summed E-state index contributed by atoms with van der Waals surface area (Å²) in [5.41, 5.74) is 2.11. The van der Waals surface area contributed by atoms with E-state index in [1.165, 1.54) is 0 Å². The Bertz CT molecular complexity index is 769. The first-order valence-electron chi connectivity index (χ1n) is 7.71. The molecular formula is C17H21NO3S2. The second-order valence-corrected chi connectivity index (χ2v) is 9.06. The molecule has 0 radical (unpaired) electrons. The van der Waals surface area contributed by atoms with Crippen LogP contribution in [0.4, 0.5) is 0 Å². The Balaban J connectivity index is 1.79. The molecule has 1 atom stereocenters. The summed E-state index contributed by atoms with van der Waals surface area (Å²) in [6.45, 7) is 4.99. The van der Waals surface area contributed by atoms with E-state index in [9.17, 15) is 8.42 Å². The van der Waals surface area contributed by atoms with Crippen molar-refractivity contribution in [2.45, 2.75) is 30.4 Å². The molecule has 6 heteroatoms. The number of furan rings is 1. The molecule has 124 valence electrons. The minimum Gasteiger partial charge on any atom is -0.468 e. The lowest BCUT2D eigenvalue weighted by molar-refractivity contribution is 0.417. The smallest absolute Gasteiger partial charge is 0.243 e. The fourth-order valence-corrected chi connectivity index (χ4v) is 5.55. The van der Waals surface area contributed by atoms with E-state index in [-0.39, 0.29) is 5.25 Å². The zero-order valence-electron chi connectivity index (χ0n) is 13.4. The van der Waals surface area contributed by atoms with Gasteiger partial charge in [0.05, 0.1) is 16.4 Å². The first-order valence-corrected chi connectivity index (χ1v) is 10.2. The summed E-state index contributed by atoms with van der Waals surface area (Å²) >= 11 is 1.76. The Morgan fingerprint density at radius 1 is 1.17 bits per heavy atom. The lowest BCUT2D eigenvalue weighted by Gasteiger charge is -2.20. The monoisotopic (exact) mass is 351 g/mol. The van der Waals surface area contributed by atoms with E-state index in [2.05, 4.69) is 0 Å². The Morgan fingerprint density at radius 3 is 2.70 bits per heavy atom. The second kappa shape index (κ2) is 6.71. The summed E-state index contributed by atoms with van der Waals surface area (Å²) < 4.78 is 32.9. The molecule has 1 aromatic heterocycles. The number of rotatable bonds is 3. The minimum atomic E-state index is -3.43. The highest BCUT2D eigenvalue weighted by molar-refractivity contribution is 7.99. The lowest BCUT2D eigenvalue weighted by atomic mass is 10.1. The van der Waals surface area contributed by atoms with Gasteiger partial charge >= 0.3 is 0 Å². The normalized spacial score (nSPS) is 20.3. The first kappa shape index (κ1) is 16.6. The predicted molar refractivity (Wildman–Crippen MR) is 93.2 cm³/mol. The molecule has 1 saturated heterocycles. The highest BCUT2D eigenvalue weighted by Crippen LogP contribution is 2.35. The molecule has 0 N–H and O–H groups in total. The number of hydrogen-bond donors (Lipinski definition) is 0. The predicted octanol–water partition coefficient (Wildman–Crippen LogP) is 3.77. The van der Waals surface area contributed by atoms with Crippen molar-refractivity contribution in [1.29, 1.82) is 0 Å². The summed E-state index contributed by atoms with van der Waals surface area (Å²) in [5.74, 6) is 1.70. The maximum Gasteiger partial charge on any atom is 0.243 e. The average Bonchev–Trinajstić information content (AvgIpc) is 2.94. The molecule has 1 aliphatic rings. The van der Waals surface area contributed by atoms with Gasteiger partial charge in [-0.2, -0.15) is 4.31 Å². The fourth-order valence-electron chi connectivity index (χ4n) is 2.72. The van der Waals surface area contributed by atoms with Crippen LogP contribution in [0.3, 0.4) is 0 Å². The van der Waals surface area contributed by atoms with Crippen molar-refractivity contribution < 1.29 is 12.8 Å². The van der Waals surface area contributed by atoms with Crippen LogP contribution in [0.2, 0.25) is 0 Å². The van der Waals surface area contributed by atoms with Gasteiger partial charge < -0.3 is 4.42 Å². The van der Waals surface area contributed by atoms with E-state index >= 15 is 0 Å². The van der Waals surface area contributed by atoms with Crippen LogP contribution in [0.5, 0.6) is 0 Å². The van der Waals surface area contributed by atoms with E-state index in [4.69, 9.17) is 4.42 Å². The third kappa shape index (κ3) is 3.49. The van der Waals surface area contributed by atoms with Crippen molar-refractivity contribution in [2.24, 2.45) is 0 Å². The quantitative estimate of drug-likeness (QED) is 0.845. The summed E-state index contributed by atoms with van der Waals surface area (Å²) in [6.07, 6.45) is 2.44. The van der Waals surface area contributed by atoms with Gasteiger partial charge in [-0.05, 0) is 55.7 Å². The van der Waals surface area contributed by atoms with Gasteiger partial charge in [-0.15, -0.1) is 11.8 Å². The lowest BCUT2D eigenvalue weighted by Crippen LogP contribution is -2.33. The zero-order valence-corrected chi connectivity index (χ0v) is 15.0. The van der Waals surface area contributed by atoms with Crippen LogP contribution in [0.15, 0.2) is 45.9 Å². The number of sulfonamides is 1. The van der Waals surface area contributed by atoms with Crippen molar-refractivity contribution >= 4 is 21.8 Å². The van der Waals surface area contributed by atoms with E-state index < -0.39 is 10.0 Å². The number of aryl methyl sites for hydroxylation is 2. The van der Waals surface area contributed by atoms with Gasteiger partial charge in [0.15, 0.2) is 0 Å². The van der Waals surface area contributed by atoms with Crippen molar-refractivity contribution in [3.63, 3.8) is 0 Å². The van der Waals surface area contributed by atoms with Gasteiger partial charge in [-0.25, -0.2) is 8.42 Å². The maximum atomic E-state index is 12.9. The molecule has 0 amide bonds. The molecule has 4 nitrogen and oxygen atoms in total. The molecular weight excluding hydrogens is 330 g/mol. The van der Waals surface area contributed by atoms with E-state index in [1.54, 1.807) is 34.5 Å². The SMILES string of the molecule is Cc1ccc(S(=O)(=O)N2CCSC(c3ccco3)CC2)cc1C. The maximum absolute atomic E-state index is 12.9. The van der Waals surface area contributed by atoms with Crippen LogP contribution in [-0.4, -0.2) is 31.6 Å². The van der Waals surface area contributed by atoms with Gasteiger partial charge in [0.25, 0.3) is 0 Å². The molecule has 3 rings (SSSR count). The first-order chi connectivity index (χ1) is 11.0. The molecule has 1 aromatic carbocycles. The number of nitrogens with zero attached hydrogens (tertiary/aromatic N) is 1. The Morgan fingerprint density at radius 2 is 2.00 bits per heavy atom. The molecule has 1 unspecified atom stereocenters. The summed E-state index contributed by atoms with van der Waals surface area (Å²) in [7, 11) is -3.43. The Labute approximate surface area is 141 Å². The van der Waals surface area contributed by atoms with Gasteiger partial charge in [0.2, 0.25) is 10.0 Å². The molecule has 0 saturated carbocycles.